The van der Waals surface area contributed by atoms with E-state index in [2.05, 4.69) is 5.32 Å². The lowest BCUT2D eigenvalue weighted by molar-refractivity contribution is -0.124. The predicted octanol–water partition coefficient (Wildman–Crippen LogP) is 4.37. The molecule has 3 aromatic carbocycles. The van der Waals surface area contributed by atoms with Crippen LogP contribution in [-0.2, 0) is 16.1 Å². The van der Waals surface area contributed by atoms with Crippen LogP contribution in [0.1, 0.15) is 21.7 Å². The third-order valence-corrected chi connectivity index (χ3v) is 4.68. The molecule has 0 saturated heterocycles. The SMILES string of the molecule is Cc1c(C(=O)OCC(=O)NCc2ccccc2)oc2c1ccc1ccccc12. The molecule has 1 amide bonds. The fourth-order valence-corrected chi connectivity index (χ4v) is 3.19. The average molecular weight is 373 g/mol. The maximum absolute atomic E-state index is 12.5. The highest BCUT2D eigenvalue weighted by Crippen LogP contribution is 2.31. The molecule has 0 aliphatic carbocycles. The number of carbonyl (C=O) groups is 2. The van der Waals surface area contributed by atoms with Crippen molar-refractivity contribution in [3.8, 4) is 0 Å². The van der Waals surface area contributed by atoms with Gasteiger partial charge in [0.15, 0.2) is 6.61 Å². The zero-order valence-corrected chi connectivity index (χ0v) is 15.4. The Hall–Kier alpha value is -3.60. The monoisotopic (exact) mass is 373 g/mol. The van der Waals surface area contributed by atoms with Crippen molar-refractivity contribution in [1.29, 1.82) is 0 Å². The molecule has 0 saturated carbocycles. The van der Waals surface area contributed by atoms with Crippen molar-refractivity contribution in [2.45, 2.75) is 13.5 Å². The number of furan rings is 1. The number of hydrogen-bond donors (Lipinski definition) is 1. The van der Waals surface area contributed by atoms with E-state index >= 15 is 0 Å². The van der Waals surface area contributed by atoms with Gasteiger partial charge in [0.2, 0.25) is 5.76 Å². The van der Waals surface area contributed by atoms with Crippen LogP contribution >= 0.6 is 0 Å². The van der Waals surface area contributed by atoms with Gasteiger partial charge in [0.25, 0.3) is 5.91 Å². The molecule has 28 heavy (non-hydrogen) atoms. The number of benzene rings is 3. The molecule has 1 N–H and O–H groups in total. The Balaban J connectivity index is 1.46. The van der Waals surface area contributed by atoms with Crippen LogP contribution in [0.15, 0.2) is 71.1 Å². The molecule has 1 aromatic heterocycles. The van der Waals surface area contributed by atoms with E-state index < -0.39 is 5.97 Å². The molecule has 1 heterocycles. The fraction of sp³-hybridized carbons (Fsp3) is 0.130. The lowest BCUT2D eigenvalue weighted by Crippen LogP contribution is -2.28. The largest absolute Gasteiger partial charge is 0.450 e. The molecule has 140 valence electrons. The summed E-state index contributed by atoms with van der Waals surface area (Å²) in [4.78, 5) is 24.4. The van der Waals surface area contributed by atoms with Crippen molar-refractivity contribution in [2.24, 2.45) is 0 Å². The lowest BCUT2D eigenvalue weighted by Gasteiger charge is -2.06. The van der Waals surface area contributed by atoms with Gasteiger partial charge in [-0.3, -0.25) is 4.79 Å². The molecular weight excluding hydrogens is 354 g/mol. The molecule has 4 rings (SSSR count). The van der Waals surface area contributed by atoms with Crippen molar-refractivity contribution in [1.82, 2.24) is 5.32 Å². The first-order valence-electron chi connectivity index (χ1n) is 9.02. The quantitative estimate of drug-likeness (QED) is 0.528. The molecule has 5 heteroatoms. The predicted molar refractivity (Wildman–Crippen MR) is 107 cm³/mol. The molecular formula is C23H19NO4. The molecule has 0 spiro atoms. The fourth-order valence-electron chi connectivity index (χ4n) is 3.19. The van der Waals surface area contributed by atoms with Gasteiger partial charge in [-0.15, -0.1) is 0 Å². The van der Waals surface area contributed by atoms with Gasteiger partial charge in [0, 0.05) is 22.9 Å². The summed E-state index contributed by atoms with van der Waals surface area (Å²) in [7, 11) is 0. The van der Waals surface area contributed by atoms with Crippen molar-refractivity contribution < 1.29 is 18.7 Å². The van der Waals surface area contributed by atoms with Gasteiger partial charge in [-0.2, -0.15) is 0 Å². The first-order chi connectivity index (χ1) is 13.6. The van der Waals surface area contributed by atoms with Gasteiger partial charge in [0.1, 0.15) is 5.58 Å². The summed E-state index contributed by atoms with van der Waals surface area (Å²) in [6, 6.07) is 21.3. The normalized spacial score (nSPS) is 10.9. The average Bonchev–Trinajstić information content (AvgIpc) is 3.08. The Labute approximate surface area is 161 Å². The van der Waals surface area contributed by atoms with Crippen LogP contribution in [0.4, 0.5) is 0 Å². The van der Waals surface area contributed by atoms with Crippen molar-refractivity contribution in [3.05, 3.63) is 83.6 Å². The van der Waals surface area contributed by atoms with Crippen LogP contribution in [0.5, 0.6) is 0 Å². The van der Waals surface area contributed by atoms with E-state index in [4.69, 9.17) is 9.15 Å². The highest BCUT2D eigenvalue weighted by Gasteiger charge is 2.21. The summed E-state index contributed by atoms with van der Waals surface area (Å²) in [5.74, 6) is -0.883. The number of aryl methyl sites for hydroxylation is 1. The van der Waals surface area contributed by atoms with Crippen molar-refractivity contribution in [2.75, 3.05) is 6.61 Å². The lowest BCUT2D eigenvalue weighted by atomic mass is 10.1. The smallest absolute Gasteiger partial charge is 0.375 e. The molecule has 0 aliphatic rings. The van der Waals surface area contributed by atoms with Gasteiger partial charge < -0.3 is 14.5 Å². The second-order valence-corrected chi connectivity index (χ2v) is 6.56. The zero-order valence-electron chi connectivity index (χ0n) is 15.4. The number of amides is 1. The summed E-state index contributed by atoms with van der Waals surface area (Å²) < 4.78 is 11.0. The minimum Gasteiger partial charge on any atom is -0.450 e. The standard InChI is InChI=1S/C23H19NO4/c1-15-18-12-11-17-9-5-6-10-19(17)22(18)28-21(15)23(26)27-14-20(25)24-13-16-7-3-2-4-8-16/h2-12H,13-14H2,1H3,(H,24,25). The van der Waals surface area contributed by atoms with E-state index in [9.17, 15) is 9.59 Å². The number of carbonyl (C=O) groups excluding carboxylic acids is 2. The van der Waals surface area contributed by atoms with Crippen LogP contribution in [0, 0.1) is 6.92 Å². The topological polar surface area (TPSA) is 68.5 Å². The molecule has 0 unspecified atom stereocenters. The van der Waals surface area contributed by atoms with Crippen LogP contribution in [0.25, 0.3) is 21.7 Å². The molecule has 0 atom stereocenters. The number of rotatable bonds is 5. The third-order valence-electron chi connectivity index (χ3n) is 4.68. The second kappa shape index (κ2) is 7.56. The summed E-state index contributed by atoms with van der Waals surface area (Å²) in [6.45, 7) is 1.84. The van der Waals surface area contributed by atoms with Gasteiger partial charge in [-0.1, -0.05) is 66.7 Å². The van der Waals surface area contributed by atoms with Gasteiger partial charge in [0.05, 0.1) is 0 Å². The van der Waals surface area contributed by atoms with Crippen molar-refractivity contribution in [3.63, 3.8) is 0 Å². The number of hydrogen-bond acceptors (Lipinski definition) is 4. The van der Waals surface area contributed by atoms with Gasteiger partial charge >= 0.3 is 5.97 Å². The Morgan fingerprint density at radius 2 is 1.68 bits per heavy atom. The van der Waals surface area contributed by atoms with E-state index in [1.807, 2.05) is 73.7 Å². The van der Waals surface area contributed by atoms with Crippen LogP contribution in [0.2, 0.25) is 0 Å². The number of nitrogens with one attached hydrogen (secondary N) is 1. The Bertz CT molecular complexity index is 1160. The highest BCUT2D eigenvalue weighted by molar-refractivity contribution is 6.08. The summed E-state index contributed by atoms with van der Waals surface area (Å²) in [5, 5.41) is 5.55. The van der Waals surface area contributed by atoms with Gasteiger partial charge in [-0.05, 0) is 17.9 Å². The summed E-state index contributed by atoms with van der Waals surface area (Å²) in [6.07, 6.45) is 0. The maximum Gasteiger partial charge on any atom is 0.375 e. The highest BCUT2D eigenvalue weighted by atomic mass is 16.5. The van der Waals surface area contributed by atoms with E-state index in [-0.39, 0.29) is 18.3 Å². The second-order valence-electron chi connectivity index (χ2n) is 6.56. The summed E-state index contributed by atoms with van der Waals surface area (Å²) >= 11 is 0. The first-order valence-corrected chi connectivity index (χ1v) is 9.02. The molecule has 0 radical (unpaired) electrons. The number of esters is 1. The maximum atomic E-state index is 12.5. The Kier molecular flexibility index (Phi) is 4.81. The van der Waals surface area contributed by atoms with E-state index in [1.54, 1.807) is 0 Å². The molecule has 0 fully saturated rings. The summed E-state index contributed by atoms with van der Waals surface area (Å²) in [5.41, 5.74) is 2.33. The van der Waals surface area contributed by atoms with E-state index in [0.717, 1.165) is 21.7 Å². The third kappa shape index (κ3) is 3.47. The molecule has 0 aliphatic heterocycles. The number of fused-ring (bicyclic) bond motifs is 3. The van der Waals surface area contributed by atoms with Gasteiger partial charge in [-0.25, -0.2) is 4.79 Å². The zero-order chi connectivity index (χ0) is 19.5. The number of ether oxygens (including phenoxy) is 1. The molecule has 0 bridgehead atoms. The van der Waals surface area contributed by atoms with Crippen molar-refractivity contribution >= 4 is 33.6 Å². The minimum atomic E-state index is -0.646. The Morgan fingerprint density at radius 3 is 2.50 bits per heavy atom. The minimum absolute atomic E-state index is 0.127. The van der Waals surface area contributed by atoms with E-state index in [1.165, 1.54) is 0 Å². The van der Waals surface area contributed by atoms with E-state index in [0.29, 0.717) is 17.7 Å². The first kappa shape index (κ1) is 17.8. The van der Waals surface area contributed by atoms with Crippen LogP contribution in [0.3, 0.4) is 0 Å². The van der Waals surface area contributed by atoms with Crippen LogP contribution < -0.4 is 5.32 Å². The molecule has 5 nitrogen and oxygen atoms in total. The Morgan fingerprint density at radius 1 is 0.929 bits per heavy atom. The molecule has 4 aromatic rings. The van der Waals surface area contributed by atoms with Crippen LogP contribution in [-0.4, -0.2) is 18.5 Å².